The number of nitrogens with one attached hydrogen (secondary N) is 2. The number of carboxylic acid groups (broad SMARTS) is 1. The number of rotatable bonds is 12. The molecule has 206 valence electrons. The second-order valence-electron chi connectivity index (χ2n) is 9.44. The standard InChI is InChI=1S/C23H38N8O6/c1-13(2)18(24)21(35)31-11-5-7-15(31)19(33)28-12-17(32)30-10-4-8-16(30)20(34)29-14(22(36)37)6-3-9-27-23(25)26/h4,8,13-16,18H,3,5-7,9-12,24H2,1-2H3,(H,28,33)(H,29,34)(H,36,37)(H4,25,26,27)/t14-,15-,16-,18-/m0/s1. The summed E-state index contributed by atoms with van der Waals surface area (Å²) in [6, 6.07) is -3.63. The Bertz CT molecular complexity index is 932. The summed E-state index contributed by atoms with van der Waals surface area (Å²) in [6.45, 7) is 4.04. The third kappa shape index (κ3) is 8.17. The second-order valence-corrected chi connectivity index (χ2v) is 9.44. The van der Waals surface area contributed by atoms with Crippen molar-refractivity contribution in [3.8, 4) is 0 Å². The van der Waals surface area contributed by atoms with Crippen LogP contribution >= 0.6 is 0 Å². The Labute approximate surface area is 215 Å². The highest BCUT2D eigenvalue weighted by Gasteiger charge is 2.38. The molecule has 4 amide bonds. The van der Waals surface area contributed by atoms with Gasteiger partial charge in [-0.2, -0.15) is 0 Å². The minimum Gasteiger partial charge on any atom is -0.480 e. The number of hydrogen-bond acceptors (Lipinski definition) is 7. The van der Waals surface area contributed by atoms with E-state index in [2.05, 4.69) is 15.6 Å². The highest BCUT2D eigenvalue weighted by molar-refractivity contribution is 5.95. The zero-order chi connectivity index (χ0) is 27.7. The number of nitrogens with zero attached hydrogens (tertiary/aromatic N) is 3. The summed E-state index contributed by atoms with van der Waals surface area (Å²) in [5.74, 6) is -3.35. The van der Waals surface area contributed by atoms with Crippen LogP contribution in [-0.4, -0.2) is 101 Å². The van der Waals surface area contributed by atoms with E-state index >= 15 is 0 Å². The number of guanidine groups is 1. The molecule has 0 unspecified atom stereocenters. The smallest absolute Gasteiger partial charge is 0.326 e. The van der Waals surface area contributed by atoms with E-state index in [0.717, 1.165) is 0 Å². The van der Waals surface area contributed by atoms with E-state index in [9.17, 15) is 29.1 Å². The van der Waals surface area contributed by atoms with E-state index in [1.165, 1.54) is 15.9 Å². The van der Waals surface area contributed by atoms with Crippen LogP contribution in [0, 0.1) is 5.92 Å². The Morgan fingerprint density at radius 1 is 1.14 bits per heavy atom. The zero-order valence-electron chi connectivity index (χ0n) is 21.3. The lowest BCUT2D eigenvalue weighted by Crippen LogP contribution is -2.55. The maximum Gasteiger partial charge on any atom is 0.326 e. The van der Waals surface area contributed by atoms with Crippen molar-refractivity contribution >= 4 is 35.6 Å². The molecule has 1 saturated heterocycles. The number of hydrogen-bond donors (Lipinski definition) is 6. The van der Waals surface area contributed by atoms with Crippen LogP contribution in [0.25, 0.3) is 0 Å². The second kappa shape index (κ2) is 13.6. The van der Waals surface area contributed by atoms with Crippen LogP contribution in [0.5, 0.6) is 0 Å². The molecule has 37 heavy (non-hydrogen) atoms. The predicted octanol–water partition coefficient (Wildman–Crippen LogP) is -2.53. The Hall–Kier alpha value is -3.68. The first kappa shape index (κ1) is 29.5. The molecule has 0 aromatic heterocycles. The number of nitrogens with two attached hydrogens (primary N) is 3. The summed E-state index contributed by atoms with van der Waals surface area (Å²) in [5, 5.41) is 14.4. The maximum absolute atomic E-state index is 12.8. The number of likely N-dealkylation sites (tertiary alicyclic amines) is 1. The fourth-order valence-corrected chi connectivity index (χ4v) is 4.19. The van der Waals surface area contributed by atoms with E-state index in [1.54, 1.807) is 6.08 Å². The van der Waals surface area contributed by atoms with Crippen molar-refractivity contribution < 1.29 is 29.1 Å². The van der Waals surface area contributed by atoms with Gasteiger partial charge in [-0.05, 0) is 31.6 Å². The molecule has 2 aliphatic rings. The van der Waals surface area contributed by atoms with Gasteiger partial charge in [-0.3, -0.25) is 24.2 Å². The Morgan fingerprint density at radius 3 is 2.46 bits per heavy atom. The normalized spacial score (nSPS) is 20.4. The summed E-state index contributed by atoms with van der Waals surface area (Å²) < 4.78 is 0. The molecule has 0 saturated carbocycles. The Morgan fingerprint density at radius 2 is 1.84 bits per heavy atom. The zero-order valence-corrected chi connectivity index (χ0v) is 21.3. The van der Waals surface area contributed by atoms with Gasteiger partial charge in [0.1, 0.15) is 18.1 Å². The first-order valence-corrected chi connectivity index (χ1v) is 12.3. The maximum atomic E-state index is 12.8. The van der Waals surface area contributed by atoms with Crippen LogP contribution in [0.4, 0.5) is 0 Å². The molecule has 14 heteroatoms. The summed E-state index contributed by atoms with van der Waals surface area (Å²) in [7, 11) is 0. The molecule has 0 aromatic carbocycles. The molecule has 2 heterocycles. The molecule has 14 nitrogen and oxygen atoms in total. The average Bonchev–Trinajstić information content (AvgIpc) is 3.53. The predicted molar refractivity (Wildman–Crippen MR) is 135 cm³/mol. The number of aliphatic carboxylic acids is 1. The quantitative estimate of drug-likeness (QED) is 0.0686. The van der Waals surface area contributed by atoms with Crippen LogP contribution in [0.15, 0.2) is 17.1 Å². The number of amides is 4. The topological polar surface area (TPSA) is 227 Å². The molecule has 0 radical (unpaired) electrons. The van der Waals surface area contributed by atoms with E-state index < -0.39 is 47.9 Å². The van der Waals surface area contributed by atoms with E-state index in [-0.39, 0.29) is 43.8 Å². The lowest BCUT2D eigenvalue weighted by atomic mass is 10.0. The molecule has 9 N–H and O–H groups in total. The lowest BCUT2D eigenvalue weighted by molar-refractivity contribution is -0.144. The number of carbonyl (C=O) groups excluding carboxylic acids is 4. The lowest BCUT2D eigenvalue weighted by Gasteiger charge is -2.29. The highest BCUT2D eigenvalue weighted by atomic mass is 16.4. The Kier molecular flexibility index (Phi) is 10.8. The van der Waals surface area contributed by atoms with Gasteiger partial charge in [0, 0.05) is 19.6 Å². The summed E-state index contributed by atoms with van der Waals surface area (Å²) >= 11 is 0. The SMILES string of the molecule is CC(C)[C@H](N)C(=O)N1CCC[C@H]1C(=O)NCC(=O)N1CC=C[C@H]1C(=O)N[C@@H](CCCN=C(N)N)C(=O)O. The van der Waals surface area contributed by atoms with Gasteiger partial charge in [-0.15, -0.1) is 0 Å². The molecule has 0 aliphatic carbocycles. The van der Waals surface area contributed by atoms with Crippen molar-refractivity contribution in [1.29, 1.82) is 0 Å². The van der Waals surface area contributed by atoms with Gasteiger partial charge in [0.25, 0.3) is 0 Å². The number of carboxylic acids is 1. The van der Waals surface area contributed by atoms with Crippen molar-refractivity contribution in [1.82, 2.24) is 20.4 Å². The van der Waals surface area contributed by atoms with E-state index in [4.69, 9.17) is 17.2 Å². The van der Waals surface area contributed by atoms with Crippen molar-refractivity contribution in [2.24, 2.45) is 28.1 Å². The van der Waals surface area contributed by atoms with Crippen molar-refractivity contribution in [2.75, 3.05) is 26.2 Å². The van der Waals surface area contributed by atoms with Gasteiger partial charge in [-0.25, -0.2) is 4.79 Å². The van der Waals surface area contributed by atoms with Crippen LogP contribution in [0.2, 0.25) is 0 Å². The first-order valence-electron chi connectivity index (χ1n) is 12.3. The molecule has 0 spiro atoms. The van der Waals surface area contributed by atoms with E-state index in [1.807, 2.05) is 13.8 Å². The van der Waals surface area contributed by atoms with Crippen LogP contribution < -0.4 is 27.8 Å². The van der Waals surface area contributed by atoms with Gasteiger partial charge < -0.3 is 42.7 Å². The summed E-state index contributed by atoms with van der Waals surface area (Å²) in [5.41, 5.74) is 16.5. The summed E-state index contributed by atoms with van der Waals surface area (Å²) in [6.07, 6.45) is 4.65. The van der Waals surface area contributed by atoms with Crippen LogP contribution in [-0.2, 0) is 24.0 Å². The van der Waals surface area contributed by atoms with Gasteiger partial charge >= 0.3 is 5.97 Å². The van der Waals surface area contributed by atoms with Gasteiger partial charge in [0.15, 0.2) is 5.96 Å². The molecule has 1 fully saturated rings. The van der Waals surface area contributed by atoms with Gasteiger partial charge in [0.05, 0.1) is 12.6 Å². The van der Waals surface area contributed by atoms with Crippen molar-refractivity contribution in [3.63, 3.8) is 0 Å². The minimum absolute atomic E-state index is 0.0805. The molecular weight excluding hydrogens is 484 g/mol. The number of aliphatic imine (C=N–C) groups is 1. The van der Waals surface area contributed by atoms with Crippen LogP contribution in [0.1, 0.15) is 39.5 Å². The molecule has 2 aliphatic heterocycles. The fourth-order valence-electron chi connectivity index (χ4n) is 4.19. The van der Waals surface area contributed by atoms with Crippen LogP contribution in [0.3, 0.4) is 0 Å². The fraction of sp³-hybridized carbons (Fsp3) is 0.652. The third-order valence-corrected chi connectivity index (χ3v) is 6.36. The van der Waals surface area contributed by atoms with Crippen molar-refractivity contribution in [3.05, 3.63) is 12.2 Å². The molecular formula is C23H38N8O6. The molecule has 2 rings (SSSR count). The molecule has 0 aromatic rings. The average molecular weight is 523 g/mol. The highest BCUT2D eigenvalue weighted by Crippen LogP contribution is 2.20. The first-order chi connectivity index (χ1) is 17.4. The van der Waals surface area contributed by atoms with Gasteiger partial charge in [-0.1, -0.05) is 26.0 Å². The Balaban J connectivity index is 1.92. The molecule has 4 atom stereocenters. The number of carbonyl (C=O) groups is 5. The third-order valence-electron chi connectivity index (χ3n) is 6.36. The van der Waals surface area contributed by atoms with E-state index in [0.29, 0.717) is 25.8 Å². The van der Waals surface area contributed by atoms with Gasteiger partial charge in [0.2, 0.25) is 23.6 Å². The minimum atomic E-state index is -1.22. The summed E-state index contributed by atoms with van der Waals surface area (Å²) in [4.78, 5) is 69.1. The van der Waals surface area contributed by atoms with Crippen molar-refractivity contribution in [2.45, 2.75) is 63.7 Å². The molecule has 0 bridgehead atoms. The largest absolute Gasteiger partial charge is 0.480 e. The monoisotopic (exact) mass is 522 g/mol.